The summed E-state index contributed by atoms with van der Waals surface area (Å²) in [6.07, 6.45) is 0.900. The number of benzene rings is 1. The first-order valence-corrected chi connectivity index (χ1v) is 4.13. The van der Waals surface area contributed by atoms with E-state index in [4.69, 9.17) is 5.73 Å². The number of hydrogen-bond donors (Lipinski definition) is 1. The zero-order chi connectivity index (χ0) is 9.14. The fraction of sp³-hybridized carbons (Fsp3) is 0.400. The predicted molar refractivity (Wildman–Crippen MR) is 49.4 cm³/mol. The molecule has 12 heavy (non-hydrogen) atoms. The maximum absolute atomic E-state index is 12.9. The highest BCUT2D eigenvalue weighted by molar-refractivity contribution is 5.41. The van der Waals surface area contributed by atoms with Crippen LogP contribution in [0.15, 0.2) is 18.2 Å². The summed E-state index contributed by atoms with van der Waals surface area (Å²) in [6.45, 7) is 4.21. The molecule has 0 saturated carbocycles. The van der Waals surface area contributed by atoms with E-state index in [1.807, 2.05) is 6.07 Å². The Morgan fingerprint density at radius 3 is 2.58 bits per heavy atom. The van der Waals surface area contributed by atoms with Crippen LogP contribution in [-0.2, 0) is 6.42 Å². The van der Waals surface area contributed by atoms with Gasteiger partial charge in [-0.3, -0.25) is 0 Å². The minimum Gasteiger partial charge on any atom is -0.396 e. The molecule has 0 spiro atoms. The average Bonchev–Trinajstić information content (AvgIpc) is 1.96. The third-order valence-electron chi connectivity index (χ3n) is 1.71. The summed E-state index contributed by atoms with van der Waals surface area (Å²) in [4.78, 5) is 0. The Hall–Kier alpha value is -1.05. The highest BCUT2D eigenvalue weighted by Crippen LogP contribution is 2.14. The van der Waals surface area contributed by atoms with Gasteiger partial charge in [-0.2, -0.15) is 0 Å². The third-order valence-corrected chi connectivity index (χ3v) is 1.71. The predicted octanol–water partition coefficient (Wildman–Crippen LogP) is 2.61. The molecule has 0 fully saturated rings. The fourth-order valence-corrected chi connectivity index (χ4v) is 1.17. The van der Waals surface area contributed by atoms with E-state index >= 15 is 0 Å². The molecule has 66 valence electrons. The average molecular weight is 167 g/mol. The number of nitrogen functional groups attached to an aromatic ring is 1. The molecule has 1 aromatic rings. The van der Waals surface area contributed by atoms with E-state index < -0.39 is 0 Å². The van der Waals surface area contributed by atoms with Crippen LogP contribution in [0.25, 0.3) is 0 Å². The minimum atomic E-state index is -0.312. The van der Waals surface area contributed by atoms with E-state index in [0.29, 0.717) is 5.92 Å². The van der Waals surface area contributed by atoms with Crippen LogP contribution in [0.5, 0.6) is 0 Å². The molecule has 0 heterocycles. The van der Waals surface area contributed by atoms with Crippen molar-refractivity contribution in [2.24, 2.45) is 5.92 Å². The topological polar surface area (TPSA) is 26.0 Å². The minimum absolute atomic E-state index is 0.225. The van der Waals surface area contributed by atoms with Crippen LogP contribution in [0.1, 0.15) is 19.4 Å². The quantitative estimate of drug-likeness (QED) is 0.673. The van der Waals surface area contributed by atoms with Crippen molar-refractivity contribution in [1.82, 2.24) is 0 Å². The Kier molecular flexibility index (Phi) is 2.69. The molecular formula is C10H14FN. The molecule has 0 aliphatic rings. The van der Waals surface area contributed by atoms with Gasteiger partial charge in [-0.05, 0) is 30.0 Å². The van der Waals surface area contributed by atoms with Gasteiger partial charge >= 0.3 is 0 Å². The Bertz CT molecular complexity index is 269. The standard InChI is InChI=1S/C10H14FN/c1-7(2)5-8-3-4-10(12)9(11)6-8/h3-4,6-7H,5,12H2,1-2H3. The first-order chi connectivity index (χ1) is 5.59. The van der Waals surface area contributed by atoms with E-state index in [9.17, 15) is 4.39 Å². The first-order valence-electron chi connectivity index (χ1n) is 4.13. The second-order valence-corrected chi connectivity index (χ2v) is 3.45. The molecule has 0 radical (unpaired) electrons. The van der Waals surface area contributed by atoms with Crippen LogP contribution in [-0.4, -0.2) is 0 Å². The molecule has 0 amide bonds. The highest BCUT2D eigenvalue weighted by Gasteiger charge is 2.01. The largest absolute Gasteiger partial charge is 0.396 e. The molecule has 0 aromatic heterocycles. The molecule has 0 saturated heterocycles. The van der Waals surface area contributed by atoms with Crippen LogP contribution < -0.4 is 5.73 Å². The Morgan fingerprint density at radius 2 is 2.08 bits per heavy atom. The molecule has 0 aliphatic heterocycles. The molecule has 0 aliphatic carbocycles. The Balaban J connectivity index is 2.82. The number of rotatable bonds is 2. The molecule has 0 atom stereocenters. The van der Waals surface area contributed by atoms with Gasteiger partial charge in [0.1, 0.15) is 5.82 Å². The lowest BCUT2D eigenvalue weighted by Gasteiger charge is -2.05. The number of nitrogens with two attached hydrogens (primary N) is 1. The van der Waals surface area contributed by atoms with Crippen molar-refractivity contribution in [3.05, 3.63) is 29.6 Å². The van der Waals surface area contributed by atoms with Crippen LogP contribution in [0.2, 0.25) is 0 Å². The molecule has 1 rings (SSSR count). The van der Waals surface area contributed by atoms with Crippen molar-refractivity contribution >= 4 is 5.69 Å². The van der Waals surface area contributed by atoms with Gasteiger partial charge in [-0.25, -0.2) is 4.39 Å². The van der Waals surface area contributed by atoms with Crippen molar-refractivity contribution in [1.29, 1.82) is 0 Å². The van der Waals surface area contributed by atoms with Gasteiger partial charge in [-0.15, -0.1) is 0 Å². The molecular weight excluding hydrogens is 153 g/mol. The lowest BCUT2D eigenvalue weighted by molar-refractivity contribution is 0.616. The second kappa shape index (κ2) is 3.57. The van der Waals surface area contributed by atoms with Gasteiger partial charge in [0, 0.05) is 0 Å². The SMILES string of the molecule is CC(C)Cc1ccc(N)c(F)c1. The summed E-state index contributed by atoms with van der Waals surface area (Å²) in [5, 5.41) is 0. The van der Waals surface area contributed by atoms with Crippen molar-refractivity contribution in [2.45, 2.75) is 20.3 Å². The summed E-state index contributed by atoms with van der Waals surface area (Å²) in [5.74, 6) is 0.237. The normalized spacial score (nSPS) is 10.7. The Morgan fingerprint density at radius 1 is 1.42 bits per heavy atom. The lowest BCUT2D eigenvalue weighted by atomic mass is 10.0. The highest BCUT2D eigenvalue weighted by atomic mass is 19.1. The van der Waals surface area contributed by atoms with Crippen LogP contribution >= 0.6 is 0 Å². The van der Waals surface area contributed by atoms with Crippen molar-refractivity contribution < 1.29 is 4.39 Å². The van der Waals surface area contributed by atoms with Gasteiger partial charge in [0.2, 0.25) is 0 Å². The van der Waals surface area contributed by atoms with Crippen molar-refractivity contribution in [2.75, 3.05) is 5.73 Å². The van der Waals surface area contributed by atoms with Gasteiger partial charge in [0.15, 0.2) is 0 Å². The van der Waals surface area contributed by atoms with Gasteiger partial charge in [-0.1, -0.05) is 19.9 Å². The summed E-state index contributed by atoms with van der Waals surface area (Å²) in [6, 6.07) is 5.00. The summed E-state index contributed by atoms with van der Waals surface area (Å²) >= 11 is 0. The zero-order valence-electron chi connectivity index (χ0n) is 7.47. The van der Waals surface area contributed by atoms with Crippen LogP contribution in [0.3, 0.4) is 0 Å². The molecule has 1 nitrogen and oxygen atoms in total. The molecule has 1 aromatic carbocycles. The lowest BCUT2D eigenvalue weighted by Crippen LogP contribution is -1.97. The monoisotopic (exact) mass is 167 g/mol. The summed E-state index contributed by atoms with van der Waals surface area (Å²) in [5.41, 5.74) is 6.58. The number of halogens is 1. The van der Waals surface area contributed by atoms with E-state index in [-0.39, 0.29) is 11.5 Å². The van der Waals surface area contributed by atoms with Gasteiger partial charge in [0.05, 0.1) is 5.69 Å². The van der Waals surface area contributed by atoms with Gasteiger partial charge < -0.3 is 5.73 Å². The third kappa shape index (κ3) is 2.22. The van der Waals surface area contributed by atoms with E-state index in [1.165, 1.54) is 6.07 Å². The molecule has 2 N–H and O–H groups in total. The van der Waals surface area contributed by atoms with E-state index in [0.717, 1.165) is 12.0 Å². The molecule has 0 unspecified atom stereocenters. The van der Waals surface area contributed by atoms with E-state index in [2.05, 4.69) is 13.8 Å². The smallest absolute Gasteiger partial charge is 0.146 e. The summed E-state index contributed by atoms with van der Waals surface area (Å²) in [7, 11) is 0. The summed E-state index contributed by atoms with van der Waals surface area (Å²) < 4.78 is 12.9. The Labute approximate surface area is 72.4 Å². The molecule has 0 bridgehead atoms. The maximum atomic E-state index is 12.9. The number of anilines is 1. The fourth-order valence-electron chi connectivity index (χ4n) is 1.17. The van der Waals surface area contributed by atoms with Crippen LogP contribution in [0.4, 0.5) is 10.1 Å². The van der Waals surface area contributed by atoms with Crippen molar-refractivity contribution in [3.8, 4) is 0 Å². The zero-order valence-corrected chi connectivity index (χ0v) is 7.47. The number of hydrogen-bond acceptors (Lipinski definition) is 1. The van der Waals surface area contributed by atoms with E-state index in [1.54, 1.807) is 6.07 Å². The molecule has 2 heteroatoms. The second-order valence-electron chi connectivity index (χ2n) is 3.45. The first kappa shape index (κ1) is 9.04. The van der Waals surface area contributed by atoms with Crippen molar-refractivity contribution in [3.63, 3.8) is 0 Å². The van der Waals surface area contributed by atoms with Gasteiger partial charge in [0.25, 0.3) is 0 Å². The van der Waals surface area contributed by atoms with Crippen LogP contribution in [0, 0.1) is 11.7 Å². The maximum Gasteiger partial charge on any atom is 0.146 e.